The van der Waals surface area contributed by atoms with Gasteiger partial charge in [0.05, 0.1) is 12.0 Å². The molecular formula is C14H24FNO4. The number of halogens is 1. The Kier molecular flexibility index (Phi) is 6.68. The summed E-state index contributed by atoms with van der Waals surface area (Å²) in [4.78, 5) is 22.5. The number of nitrogens with one attached hydrogen (secondary N) is 1. The Bertz CT molecular complexity index is 385. The molecule has 0 aliphatic heterocycles. The van der Waals surface area contributed by atoms with E-state index in [1.807, 2.05) is 0 Å². The van der Waals surface area contributed by atoms with E-state index in [0.29, 0.717) is 0 Å². The number of hydrogen-bond acceptors (Lipinski definition) is 3. The van der Waals surface area contributed by atoms with E-state index >= 15 is 0 Å². The number of carboxylic acid groups (broad SMARTS) is 1. The van der Waals surface area contributed by atoms with Gasteiger partial charge in [0.2, 0.25) is 0 Å². The summed E-state index contributed by atoms with van der Waals surface area (Å²) in [5.41, 5.74) is -0.675. The van der Waals surface area contributed by atoms with Crippen molar-refractivity contribution < 1.29 is 23.8 Å². The van der Waals surface area contributed by atoms with Gasteiger partial charge >= 0.3 is 12.1 Å². The number of rotatable bonds is 5. The van der Waals surface area contributed by atoms with Crippen molar-refractivity contribution in [2.24, 2.45) is 11.8 Å². The molecule has 0 aromatic carbocycles. The minimum atomic E-state index is -1.10. The Morgan fingerprint density at radius 2 is 1.75 bits per heavy atom. The molecule has 0 heterocycles. The highest BCUT2D eigenvalue weighted by atomic mass is 19.1. The molecule has 116 valence electrons. The lowest BCUT2D eigenvalue weighted by Crippen LogP contribution is -2.38. The molecule has 0 bridgehead atoms. The van der Waals surface area contributed by atoms with Gasteiger partial charge in [-0.3, -0.25) is 4.79 Å². The summed E-state index contributed by atoms with van der Waals surface area (Å²) in [6, 6.07) is -0.939. The van der Waals surface area contributed by atoms with Gasteiger partial charge in [-0.05, 0) is 39.7 Å². The minimum Gasteiger partial charge on any atom is -0.481 e. The molecule has 0 aliphatic carbocycles. The second kappa shape index (κ2) is 7.26. The Hall–Kier alpha value is -1.59. The number of alkyl carbamates (subject to hydrolysis) is 1. The molecule has 0 spiro atoms. The van der Waals surface area contributed by atoms with Gasteiger partial charge in [-0.1, -0.05) is 13.8 Å². The quantitative estimate of drug-likeness (QED) is 0.815. The Balaban J connectivity index is 4.72. The molecule has 0 saturated heterocycles. The highest BCUT2D eigenvalue weighted by molar-refractivity contribution is 5.72. The third-order valence-corrected chi connectivity index (χ3v) is 2.49. The number of hydrogen-bond donors (Lipinski definition) is 2. The smallest absolute Gasteiger partial charge is 0.408 e. The first-order valence-corrected chi connectivity index (χ1v) is 6.53. The van der Waals surface area contributed by atoms with Crippen molar-refractivity contribution in [3.63, 3.8) is 0 Å². The van der Waals surface area contributed by atoms with E-state index in [9.17, 15) is 14.0 Å². The lowest BCUT2D eigenvalue weighted by molar-refractivity contribution is -0.141. The van der Waals surface area contributed by atoms with Crippen LogP contribution in [0.25, 0.3) is 0 Å². The molecule has 0 saturated carbocycles. The maximum absolute atomic E-state index is 13.9. The zero-order valence-corrected chi connectivity index (χ0v) is 12.9. The number of carbonyl (C=O) groups is 2. The third kappa shape index (κ3) is 7.11. The Morgan fingerprint density at radius 3 is 2.10 bits per heavy atom. The first kappa shape index (κ1) is 18.4. The monoisotopic (exact) mass is 289 g/mol. The van der Waals surface area contributed by atoms with Gasteiger partial charge in [-0.15, -0.1) is 0 Å². The normalized spacial score (nSPS) is 15.7. The van der Waals surface area contributed by atoms with Crippen molar-refractivity contribution in [2.45, 2.75) is 53.2 Å². The zero-order valence-electron chi connectivity index (χ0n) is 12.9. The summed E-state index contributed by atoms with van der Waals surface area (Å²) in [6.45, 7) is 9.89. The lowest BCUT2D eigenvalue weighted by atomic mass is 9.95. The number of aliphatic carboxylic acids is 1. The van der Waals surface area contributed by atoms with Gasteiger partial charge in [-0.2, -0.15) is 0 Å². The molecule has 0 aromatic rings. The van der Waals surface area contributed by atoms with Gasteiger partial charge < -0.3 is 15.2 Å². The molecule has 2 atom stereocenters. The van der Waals surface area contributed by atoms with Gasteiger partial charge in [0.25, 0.3) is 0 Å². The number of carbonyl (C=O) groups excluding carboxylic acids is 1. The fourth-order valence-electron chi connectivity index (χ4n) is 1.42. The van der Waals surface area contributed by atoms with Crippen molar-refractivity contribution in [1.29, 1.82) is 0 Å². The van der Waals surface area contributed by atoms with Crippen LogP contribution < -0.4 is 5.32 Å². The van der Waals surface area contributed by atoms with Gasteiger partial charge in [-0.25, -0.2) is 9.18 Å². The predicted octanol–water partition coefficient (Wildman–Crippen LogP) is 3.11. The number of carboxylic acids is 1. The molecule has 0 radical (unpaired) electrons. The van der Waals surface area contributed by atoms with Crippen molar-refractivity contribution in [2.75, 3.05) is 0 Å². The van der Waals surface area contributed by atoms with Crippen molar-refractivity contribution in [3.8, 4) is 0 Å². The summed E-state index contributed by atoms with van der Waals surface area (Å²) in [7, 11) is 0. The Labute approximate surface area is 119 Å². The molecule has 1 amide bonds. The van der Waals surface area contributed by atoms with E-state index in [4.69, 9.17) is 9.84 Å². The largest absolute Gasteiger partial charge is 0.481 e. The van der Waals surface area contributed by atoms with Crippen LogP contribution in [0.15, 0.2) is 11.9 Å². The maximum atomic E-state index is 13.9. The van der Waals surface area contributed by atoms with E-state index in [1.54, 1.807) is 34.6 Å². The molecule has 0 fully saturated rings. The standard InChI is InChI=1S/C14H24FNO4/c1-8(2)10(12(17)18)7-11(15)9(3)16-13(19)20-14(4,5)6/h7-10H,1-6H3,(H,16,19)(H,17,18). The molecule has 2 N–H and O–H groups in total. The van der Waals surface area contributed by atoms with Crippen LogP contribution in [0.4, 0.5) is 9.18 Å². The van der Waals surface area contributed by atoms with Gasteiger partial charge in [0.15, 0.2) is 0 Å². The number of amides is 1. The topological polar surface area (TPSA) is 75.6 Å². The highest BCUT2D eigenvalue weighted by Crippen LogP contribution is 2.17. The molecule has 6 heteroatoms. The average molecular weight is 289 g/mol. The summed E-state index contributed by atoms with van der Waals surface area (Å²) >= 11 is 0. The lowest BCUT2D eigenvalue weighted by Gasteiger charge is -2.22. The van der Waals surface area contributed by atoms with Crippen molar-refractivity contribution >= 4 is 12.1 Å². The second-order valence-corrected chi connectivity index (χ2v) is 6.03. The Morgan fingerprint density at radius 1 is 1.25 bits per heavy atom. The second-order valence-electron chi connectivity index (χ2n) is 6.03. The van der Waals surface area contributed by atoms with Crippen LogP contribution in [0.3, 0.4) is 0 Å². The van der Waals surface area contributed by atoms with Crippen molar-refractivity contribution in [3.05, 3.63) is 11.9 Å². The molecule has 0 rings (SSSR count). The summed E-state index contributed by atoms with van der Waals surface area (Å²) in [5.74, 6) is -2.97. The average Bonchev–Trinajstić information content (AvgIpc) is 2.21. The van der Waals surface area contributed by atoms with E-state index in [2.05, 4.69) is 5.32 Å². The summed E-state index contributed by atoms with van der Waals surface area (Å²) in [6.07, 6.45) is 0.277. The van der Waals surface area contributed by atoms with Crippen LogP contribution >= 0.6 is 0 Å². The van der Waals surface area contributed by atoms with Crippen LogP contribution in [-0.4, -0.2) is 28.8 Å². The third-order valence-electron chi connectivity index (χ3n) is 2.49. The molecule has 2 unspecified atom stereocenters. The molecule has 5 nitrogen and oxygen atoms in total. The van der Waals surface area contributed by atoms with Gasteiger partial charge in [0, 0.05) is 0 Å². The molecule has 20 heavy (non-hydrogen) atoms. The van der Waals surface area contributed by atoms with Crippen LogP contribution in [-0.2, 0) is 9.53 Å². The summed E-state index contributed by atoms with van der Waals surface area (Å²) in [5, 5.41) is 11.3. The minimum absolute atomic E-state index is 0.244. The fourth-order valence-corrected chi connectivity index (χ4v) is 1.42. The van der Waals surface area contributed by atoms with Crippen LogP contribution in [0.1, 0.15) is 41.5 Å². The molecule has 0 aliphatic rings. The fraction of sp³-hybridized carbons (Fsp3) is 0.714. The molecular weight excluding hydrogens is 265 g/mol. The molecule has 0 aromatic heterocycles. The van der Waals surface area contributed by atoms with Crippen molar-refractivity contribution in [1.82, 2.24) is 5.32 Å². The van der Waals surface area contributed by atoms with E-state index in [0.717, 1.165) is 6.08 Å². The zero-order chi connectivity index (χ0) is 16.1. The van der Waals surface area contributed by atoms with Crippen LogP contribution in [0, 0.1) is 11.8 Å². The van der Waals surface area contributed by atoms with E-state index < -0.39 is 35.5 Å². The van der Waals surface area contributed by atoms with Gasteiger partial charge in [0.1, 0.15) is 11.4 Å². The maximum Gasteiger partial charge on any atom is 0.408 e. The SMILES string of the molecule is CC(NC(=O)OC(C)(C)C)C(F)=CC(C(=O)O)C(C)C. The van der Waals surface area contributed by atoms with Crippen LogP contribution in [0.5, 0.6) is 0 Å². The predicted molar refractivity (Wildman–Crippen MR) is 74.0 cm³/mol. The van der Waals surface area contributed by atoms with Crippen LogP contribution in [0.2, 0.25) is 0 Å². The highest BCUT2D eigenvalue weighted by Gasteiger charge is 2.23. The summed E-state index contributed by atoms with van der Waals surface area (Å²) < 4.78 is 18.9. The first-order valence-electron chi connectivity index (χ1n) is 6.53. The van der Waals surface area contributed by atoms with E-state index in [-0.39, 0.29) is 5.92 Å². The number of ether oxygens (including phenoxy) is 1. The first-order chi connectivity index (χ1) is 8.94. The van der Waals surface area contributed by atoms with E-state index in [1.165, 1.54) is 6.92 Å².